The zero-order valence-electron chi connectivity index (χ0n) is 9.98. The molecule has 98 valence electrons. The molecule has 1 atom stereocenters. The first-order valence-corrected chi connectivity index (χ1v) is 5.90. The summed E-state index contributed by atoms with van der Waals surface area (Å²) < 4.78 is 36.7. The fourth-order valence-corrected chi connectivity index (χ4v) is 2.02. The minimum absolute atomic E-state index is 0.165. The van der Waals surface area contributed by atoms with E-state index in [-0.39, 0.29) is 11.9 Å². The maximum atomic E-state index is 13.0. The molecule has 0 saturated heterocycles. The van der Waals surface area contributed by atoms with Gasteiger partial charge >= 0.3 is 0 Å². The van der Waals surface area contributed by atoms with Crippen molar-refractivity contribution >= 4 is 0 Å². The number of halogens is 2. The van der Waals surface area contributed by atoms with Gasteiger partial charge in [-0.3, -0.25) is 0 Å². The van der Waals surface area contributed by atoms with E-state index in [0.717, 1.165) is 5.56 Å². The van der Waals surface area contributed by atoms with Crippen LogP contribution in [0.1, 0.15) is 5.56 Å². The predicted octanol–water partition coefficient (Wildman–Crippen LogP) is 2.74. The van der Waals surface area contributed by atoms with Crippen molar-refractivity contribution in [2.45, 2.75) is 12.5 Å². The van der Waals surface area contributed by atoms with Crippen molar-refractivity contribution in [1.29, 1.82) is 0 Å². The molecule has 3 nitrogen and oxygen atoms in total. The van der Waals surface area contributed by atoms with Gasteiger partial charge in [-0.1, -0.05) is 0 Å². The van der Waals surface area contributed by atoms with E-state index in [1.54, 1.807) is 6.07 Å². The summed E-state index contributed by atoms with van der Waals surface area (Å²) in [5.74, 6) is 0.346. The van der Waals surface area contributed by atoms with E-state index in [4.69, 9.17) is 9.47 Å². The van der Waals surface area contributed by atoms with E-state index in [9.17, 15) is 8.78 Å². The summed E-state index contributed by atoms with van der Waals surface area (Å²) in [7, 11) is 0. The van der Waals surface area contributed by atoms with Crippen LogP contribution < -0.4 is 9.47 Å². The Morgan fingerprint density at radius 2 is 2.16 bits per heavy atom. The molecular weight excluding hydrogens is 252 g/mol. The van der Waals surface area contributed by atoms with Crippen LogP contribution >= 0.6 is 0 Å². The number of hydrogen-bond acceptors (Lipinski definition) is 3. The Balaban J connectivity index is 1.60. The van der Waals surface area contributed by atoms with Crippen LogP contribution in [0, 0.1) is 11.8 Å². The Kier molecular flexibility index (Phi) is 3.03. The maximum Gasteiger partial charge on any atom is 0.213 e. The molecule has 0 saturated carbocycles. The first kappa shape index (κ1) is 11.9. The molecule has 1 aromatic carbocycles. The van der Waals surface area contributed by atoms with Crippen LogP contribution in [0.5, 0.6) is 11.5 Å². The molecule has 0 amide bonds. The van der Waals surface area contributed by atoms with Gasteiger partial charge in [-0.2, -0.15) is 4.39 Å². The van der Waals surface area contributed by atoms with E-state index in [1.165, 1.54) is 30.5 Å². The number of hydrogen-bond donors (Lipinski definition) is 0. The summed E-state index contributed by atoms with van der Waals surface area (Å²) in [6, 6.07) is 7.18. The Hall–Kier alpha value is -2.17. The third-order valence-corrected chi connectivity index (χ3v) is 2.90. The second-order valence-corrected chi connectivity index (χ2v) is 4.32. The second kappa shape index (κ2) is 4.84. The van der Waals surface area contributed by atoms with Gasteiger partial charge < -0.3 is 9.47 Å². The van der Waals surface area contributed by atoms with Crippen LogP contribution in [-0.4, -0.2) is 17.7 Å². The summed E-state index contributed by atoms with van der Waals surface area (Å²) in [6.45, 7) is 0.309. The molecule has 1 unspecified atom stereocenters. The Bertz CT molecular complexity index is 586. The third-order valence-electron chi connectivity index (χ3n) is 2.90. The minimum atomic E-state index is -0.549. The lowest BCUT2D eigenvalue weighted by atomic mass is 10.1. The van der Waals surface area contributed by atoms with Crippen LogP contribution in [0.15, 0.2) is 36.5 Å². The number of fused-ring (bicyclic) bond motifs is 1. The number of benzene rings is 1. The number of ether oxygens (including phenoxy) is 2. The van der Waals surface area contributed by atoms with E-state index in [2.05, 4.69) is 4.98 Å². The van der Waals surface area contributed by atoms with Crippen LogP contribution in [-0.2, 0) is 6.42 Å². The number of aromatic nitrogens is 1. The van der Waals surface area contributed by atoms with Gasteiger partial charge in [0, 0.05) is 12.0 Å². The van der Waals surface area contributed by atoms with Crippen molar-refractivity contribution in [2.75, 3.05) is 6.61 Å². The molecule has 2 heterocycles. The molecule has 0 fully saturated rings. The molecule has 0 radical (unpaired) electrons. The molecule has 5 heteroatoms. The standard InChI is InChI=1S/C14H11F2NO2/c15-10-1-3-13-9(5-10)6-12(19-13)8-18-11-2-4-14(16)17-7-11/h1-5,7,12H,6,8H2. The van der Waals surface area contributed by atoms with Crippen LogP contribution in [0.2, 0.25) is 0 Å². The van der Waals surface area contributed by atoms with Crippen molar-refractivity contribution < 1.29 is 18.3 Å². The fraction of sp³-hybridized carbons (Fsp3) is 0.214. The van der Waals surface area contributed by atoms with Crippen molar-refractivity contribution in [3.63, 3.8) is 0 Å². The lowest BCUT2D eigenvalue weighted by molar-refractivity contribution is 0.148. The summed E-state index contributed by atoms with van der Waals surface area (Å²) >= 11 is 0. The van der Waals surface area contributed by atoms with E-state index < -0.39 is 5.95 Å². The SMILES string of the molecule is Fc1ccc2c(c1)CC(COc1ccc(F)nc1)O2. The smallest absolute Gasteiger partial charge is 0.213 e. The Morgan fingerprint density at radius 3 is 2.95 bits per heavy atom. The lowest BCUT2D eigenvalue weighted by Crippen LogP contribution is -2.22. The average molecular weight is 263 g/mol. The van der Waals surface area contributed by atoms with Gasteiger partial charge in [-0.05, 0) is 30.3 Å². The third kappa shape index (κ3) is 2.65. The molecule has 0 N–H and O–H groups in total. The summed E-state index contributed by atoms with van der Waals surface area (Å²) in [5, 5.41) is 0. The van der Waals surface area contributed by atoms with Crippen molar-refractivity contribution in [3.05, 3.63) is 53.9 Å². The number of pyridine rings is 1. The largest absolute Gasteiger partial charge is 0.488 e. The molecule has 0 aliphatic carbocycles. The Morgan fingerprint density at radius 1 is 1.26 bits per heavy atom. The topological polar surface area (TPSA) is 31.4 Å². The summed E-state index contributed by atoms with van der Waals surface area (Å²) in [5.41, 5.74) is 0.839. The highest BCUT2D eigenvalue weighted by Crippen LogP contribution is 2.29. The first-order valence-electron chi connectivity index (χ1n) is 5.90. The van der Waals surface area contributed by atoms with Gasteiger partial charge in [0.2, 0.25) is 5.95 Å². The molecule has 2 aromatic rings. The van der Waals surface area contributed by atoms with Gasteiger partial charge in [0.15, 0.2) is 0 Å². The van der Waals surface area contributed by atoms with Crippen LogP contribution in [0.4, 0.5) is 8.78 Å². The van der Waals surface area contributed by atoms with E-state index >= 15 is 0 Å². The molecule has 0 spiro atoms. The maximum absolute atomic E-state index is 13.0. The minimum Gasteiger partial charge on any atom is -0.488 e. The summed E-state index contributed by atoms with van der Waals surface area (Å²) in [4.78, 5) is 3.49. The lowest BCUT2D eigenvalue weighted by Gasteiger charge is -2.11. The van der Waals surface area contributed by atoms with Crippen molar-refractivity contribution in [1.82, 2.24) is 4.98 Å². The second-order valence-electron chi connectivity index (χ2n) is 4.32. The first-order chi connectivity index (χ1) is 9.20. The highest BCUT2D eigenvalue weighted by atomic mass is 19.1. The van der Waals surface area contributed by atoms with E-state index in [1.807, 2.05) is 0 Å². The molecule has 3 rings (SSSR count). The molecule has 19 heavy (non-hydrogen) atoms. The van der Waals surface area contributed by atoms with Gasteiger partial charge in [0.1, 0.15) is 30.0 Å². The normalized spacial score (nSPS) is 16.8. The molecular formula is C14H11F2NO2. The quantitative estimate of drug-likeness (QED) is 0.798. The Labute approximate surface area is 108 Å². The molecule has 1 aliphatic heterocycles. The summed E-state index contributed by atoms with van der Waals surface area (Å²) in [6.07, 6.45) is 1.75. The van der Waals surface area contributed by atoms with Crippen LogP contribution in [0.3, 0.4) is 0 Å². The predicted molar refractivity (Wildman–Crippen MR) is 64.2 cm³/mol. The van der Waals surface area contributed by atoms with Crippen molar-refractivity contribution in [3.8, 4) is 11.5 Å². The van der Waals surface area contributed by atoms with Gasteiger partial charge in [-0.15, -0.1) is 0 Å². The highest BCUT2D eigenvalue weighted by Gasteiger charge is 2.23. The molecule has 1 aliphatic rings. The molecule has 0 bridgehead atoms. The zero-order valence-corrected chi connectivity index (χ0v) is 9.98. The van der Waals surface area contributed by atoms with Gasteiger partial charge in [0.05, 0.1) is 6.20 Å². The zero-order chi connectivity index (χ0) is 13.2. The fourth-order valence-electron chi connectivity index (χ4n) is 2.02. The molecule has 1 aromatic heterocycles. The number of rotatable bonds is 3. The monoisotopic (exact) mass is 263 g/mol. The van der Waals surface area contributed by atoms with Crippen molar-refractivity contribution in [2.24, 2.45) is 0 Å². The van der Waals surface area contributed by atoms with Gasteiger partial charge in [-0.25, -0.2) is 9.37 Å². The van der Waals surface area contributed by atoms with Gasteiger partial charge in [0.25, 0.3) is 0 Å². The van der Waals surface area contributed by atoms with Crippen LogP contribution in [0.25, 0.3) is 0 Å². The highest BCUT2D eigenvalue weighted by molar-refractivity contribution is 5.37. The number of nitrogens with zero attached hydrogens (tertiary/aromatic N) is 1. The average Bonchev–Trinajstić information content (AvgIpc) is 2.80. The van der Waals surface area contributed by atoms with E-state index in [0.29, 0.717) is 24.5 Å².